The first-order chi connectivity index (χ1) is 9.29. The maximum atomic E-state index is 10.2. The van der Waals surface area contributed by atoms with Crippen LogP contribution in [0.4, 0.5) is 0 Å². The summed E-state index contributed by atoms with van der Waals surface area (Å²) in [7, 11) is 1.79. The lowest BCUT2D eigenvalue weighted by Crippen LogP contribution is -2.45. The number of aliphatic imine (C=N–C) groups is 1. The molecule has 0 aromatic rings. The van der Waals surface area contributed by atoms with Gasteiger partial charge in [0, 0.05) is 20.1 Å². The molecule has 0 aliphatic heterocycles. The summed E-state index contributed by atoms with van der Waals surface area (Å²) in [6, 6.07) is 0. The van der Waals surface area contributed by atoms with E-state index in [4.69, 9.17) is 0 Å². The van der Waals surface area contributed by atoms with Gasteiger partial charge in [0.15, 0.2) is 5.96 Å². The van der Waals surface area contributed by atoms with Gasteiger partial charge in [-0.15, -0.1) is 0 Å². The lowest BCUT2D eigenvalue weighted by Gasteiger charge is -2.28. The fourth-order valence-corrected chi connectivity index (χ4v) is 3.05. The Morgan fingerprint density at radius 1 is 1.11 bits per heavy atom. The zero-order valence-corrected chi connectivity index (χ0v) is 12.2. The monoisotopic (exact) mass is 267 g/mol. The van der Waals surface area contributed by atoms with Crippen molar-refractivity contribution >= 4 is 5.96 Å². The SMILES string of the molecule is CN=C(NCC1CCC1)NCC(O)C1CCCCC1. The van der Waals surface area contributed by atoms with Gasteiger partial charge in [0.1, 0.15) is 0 Å². The molecule has 0 amide bonds. The molecule has 0 radical (unpaired) electrons. The molecule has 0 aromatic carbocycles. The molecule has 2 saturated carbocycles. The Labute approximate surface area is 117 Å². The number of rotatable bonds is 5. The number of aliphatic hydroxyl groups is 1. The summed E-state index contributed by atoms with van der Waals surface area (Å²) in [5, 5.41) is 16.8. The minimum atomic E-state index is -0.234. The summed E-state index contributed by atoms with van der Waals surface area (Å²) in [5.74, 6) is 2.13. The van der Waals surface area contributed by atoms with E-state index in [1.54, 1.807) is 7.05 Å². The summed E-state index contributed by atoms with van der Waals surface area (Å²) in [4.78, 5) is 4.22. The van der Waals surface area contributed by atoms with Gasteiger partial charge in [-0.2, -0.15) is 0 Å². The number of aliphatic hydroxyl groups excluding tert-OH is 1. The van der Waals surface area contributed by atoms with Crippen LogP contribution in [-0.2, 0) is 0 Å². The van der Waals surface area contributed by atoms with Gasteiger partial charge >= 0.3 is 0 Å². The molecule has 0 bridgehead atoms. The first-order valence-electron chi connectivity index (χ1n) is 7.92. The minimum absolute atomic E-state index is 0.234. The Kier molecular flexibility index (Phi) is 5.95. The van der Waals surface area contributed by atoms with E-state index >= 15 is 0 Å². The quantitative estimate of drug-likeness (QED) is 0.527. The fraction of sp³-hybridized carbons (Fsp3) is 0.933. The predicted octanol–water partition coefficient (Wildman–Crippen LogP) is 1.89. The van der Waals surface area contributed by atoms with Crippen LogP contribution in [0.25, 0.3) is 0 Å². The average Bonchev–Trinajstić information content (AvgIpc) is 2.41. The summed E-state index contributed by atoms with van der Waals surface area (Å²) < 4.78 is 0. The van der Waals surface area contributed by atoms with Gasteiger partial charge in [0.25, 0.3) is 0 Å². The van der Waals surface area contributed by atoms with Crippen LogP contribution in [0, 0.1) is 11.8 Å². The average molecular weight is 267 g/mol. The van der Waals surface area contributed by atoms with E-state index in [0.29, 0.717) is 12.5 Å². The third-order valence-electron chi connectivity index (χ3n) is 4.68. The third-order valence-corrected chi connectivity index (χ3v) is 4.68. The standard InChI is InChI=1S/C15H29N3O/c1-16-15(17-10-12-6-5-7-12)18-11-14(19)13-8-3-2-4-9-13/h12-14,19H,2-11H2,1H3,(H2,16,17,18). The van der Waals surface area contributed by atoms with Crippen molar-refractivity contribution in [2.45, 2.75) is 57.5 Å². The molecule has 2 rings (SSSR count). The van der Waals surface area contributed by atoms with Crippen LogP contribution in [0.3, 0.4) is 0 Å². The highest BCUT2D eigenvalue weighted by molar-refractivity contribution is 5.79. The van der Waals surface area contributed by atoms with Crippen LogP contribution in [0.15, 0.2) is 4.99 Å². The van der Waals surface area contributed by atoms with Crippen LogP contribution in [0.1, 0.15) is 51.4 Å². The molecule has 1 atom stereocenters. The molecule has 0 aromatic heterocycles. The Hall–Kier alpha value is -0.770. The molecule has 19 heavy (non-hydrogen) atoms. The molecule has 4 heteroatoms. The first-order valence-corrected chi connectivity index (χ1v) is 7.92. The number of nitrogens with zero attached hydrogens (tertiary/aromatic N) is 1. The van der Waals surface area contributed by atoms with E-state index < -0.39 is 0 Å². The maximum Gasteiger partial charge on any atom is 0.191 e. The van der Waals surface area contributed by atoms with Crippen molar-refractivity contribution in [2.75, 3.05) is 20.1 Å². The predicted molar refractivity (Wildman–Crippen MR) is 79.3 cm³/mol. The minimum Gasteiger partial charge on any atom is -0.391 e. The molecular formula is C15H29N3O. The maximum absolute atomic E-state index is 10.2. The summed E-state index contributed by atoms with van der Waals surface area (Å²) in [6.45, 7) is 1.63. The van der Waals surface area contributed by atoms with Crippen molar-refractivity contribution in [1.29, 1.82) is 0 Å². The van der Waals surface area contributed by atoms with E-state index in [1.165, 1.54) is 51.4 Å². The molecule has 2 aliphatic rings. The Morgan fingerprint density at radius 3 is 2.42 bits per heavy atom. The highest BCUT2D eigenvalue weighted by Crippen LogP contribution is 2.26. The largest absolute Gasteiger partial charge is 0.391 e. The van der Waals surface area contributed by atoms with E-state index in [-0.39, 0.29) is 6.10 Å². The molecule has 2 aliphatic carbocycles. The van der Waals surface area contributed by atoms with Crippen molar-refractivity contribution in [2.24, 2.45) is 16.8 Å². The number of hydrogen-bond acceptors (Lipinski definition) is 2. The van der Waals surface area contributed by atoms with Crippen molar-refractivity contribution in [3.8, 4) is 0 Å². The van der Waals surface area contributed by atoms with Gasteiger partial charge < -0.3 is 15.7 Å². The lowest BCUT2D eigenvalue weighted by molar-refractivity contribution is 0.0879. The molecule has 2 fully saturated rings. The molecule has 4 nitrogen and oxygen atoms in total. The van der Waals surface area contributed by atoms with E-state index in [9.17, 15) is 5.11 Å². The van der Waals surface area contributed by atoms with E-state index in [1.807, 2.05) is 0 Å². The second kappa shape index (κ2) is 7.73. The van der Waals surface area contributed by atoms with Crippen LogP contribution in [0.2, 0.25) is 0 Å². The van der Waals surface area contributed by atoms with E-state index in [2.05, 4.69) is 15.6 Å². The number of hydrogen-bond donors (Lipinski definition) is 3. The van der Waals surface area contributed by atoms with Crippen molar-refractivity contribution < 1.29 is 5.11 Å². The van der Waals surface area contributed by atoms with Crippen molar-refractivity contribution in [3.05, 3.63) is 0 Å². The van der Waals surface area contributed by atoms with Gasteiger partial charge in [0.05, 0.1) is 6.10 Å². The van der Waals surface area contributed by atoms with Gasteiger partial charge in [-0.3, -0.25) is 4.99 Å². The second-order valence-electron chi connectivity index (χ2n) is 6.10. The molecular weight excluding hydrogens is 238 g/mol. The Morgan fingerprint density at radius 2 is 1.84 bits per heavy atom. The topological polar surface area (TPSA) is 56.7 Å². The molecule has 1 unspecified atom stereocenters. The highest BCUT2D eigenvalue weighted by atomic mass is 16.3. The van der Waals surface area contributed by atoms with Gasteiger partial charge in [-0.1, -0.05) is 25.7 Å². The number of guanidine groups is 1. The number of nitrogens with one attached hydrogen (secondary N) is 2. The first kappa shape index (κ1) is 14.6. The van der Waals surface area contributed by atoms with Gasteiger partial charge in [-0.05, 0) is 37.5 Å². The van der Waals surface area contributed by atoms with Gasteiger partial charge in [0.2, 0.25) is 0 Å². The molecule has 0 saturated heterocycles. The van der Waals surface area contributed by atoms with Gasteiger partial charge in [-0.25, -0.2) is 0 Å². The summed E-state index contributed by atoms with van der Waals surface area (Å²) >= 11 is 0. The van der Waals surface area contributed by atoms with Crippen LogP contribution in [0.5, 0.6) is 0 Å². The summed E-state index contributed by atoms with van der Waals surface area (Å²) in [6.07, 6.45) is 10.1. The normalized spacial score (nSPS) is 23.8. The zero-order valence-electron chi connectivity index (χ0n) is 12.2. The molecule has 3 N–H and O–H groups in total. The lowest BCUT2D eigenvalue weighted by atomic mass is 9.85. The third kappa shape index (κ3) is 4.68. The highest BCUT2D eigenvalue weighted by Gasteiger charge is 2.22. The fourth-order valence-electron chi connectivity index (χ4n) is 3.05. The smallest absolute Gasteiger partial charge is 0.191 e. The molecule has 0 spiro atoms. The molecule has 110 valence electrons. The Balaban J connectivity index is 1.63. The van der Waals surface area contributed by atoms with Crippen LogP contribution in [-0.4, -0.2) is 37.3 Å². The summed E-state index contributed by atoms with van der Waals surface area (Å²) in [5.41, 5.74) is 0. The van der Waals surface area contributed by atoms with E-state index in [0.717, 1.165) is 18.4 Å². The Bertz CT molecular complexity index is 283. The van der Waals surface area contributed by atoms with Crippen molar-refractivity contribution in [1.82, 2.24) is 10.6 Å². The molecule has 0 heterocycles. The second-order valence-corrected chi connectivity index (χ2v) is 6.10. The zero-order chi connectivity index (χ0) is 13.5. The van der Waals surface area contributed by atoms with Crippen molar-refractivity contribution in [3.63, 3.8) is 0 Å². The van der Waals surface area contributed by atoms with Crippen LogP contribution < -0.4 is 10.6 Å². The van der Waals surface area contributed by atoms with Crippen LogP contribution >= 0.6 is 0 Å².